The standard InChI is InChI=1S/C24H38N6/c1-4-25-24(27-14-8-9-16-30-19-15-26-21(30)3)28-23-12-17-29(18-13-23)20(2)22-10-6-5-7-11-22/h5-7,10-11,15,19-20,23H,4,8-9,12-14,16-18H2,1-3H3,(H2,25,27,28). The van der Waals surface area contributed by atoms with Crippen molar-refractivity contribution in [2.75, 3.05) is 26.2 Å². The fourth-order valence-electron chi connectivity index (χ4n) is 4.11. The quantitative estimate of drug-likeness (QED) is 0.375. The molecule has 3 rings (SSSR count). The molecule has 1 aliphatic heterocycles. The predicted molar refractivity (Wildman–Crippen MR) is 125 cm³/mol. The van der Waals surface area contributed by atoms with E-state index >= 15 is 0 Å². The molecule has 0 bridgehead atoms. The van der Waals surface area contributed by atoms with Crippen LogP contribution >= 0.6 is 0 Å². The van der Waals surface area contributed by atoms with Crippen LogP contribution in [0.3, 0.4) is 0 Å². The van der Waals surface area contributed by atoms with Gasteiger partial charge in [0.2, 0.25) is 0 Å². The van der Waals surface area contributed by atoms with Gasteiger partial charge in [0.15, 0.2) is 5.96 Å². The average molecular weight is 411 g/mol. The van der Waals surface area contributed by atoms with Crippen LogP contribution in [0.5, 0.6) is 0 Å². The number of guanidine groups is 1. The van der Waals surface area contributed by atoms with E-state index in [2.05, 4.69) is 82.4 Å². The molecule has 0 amide bonds. The van der Waals surface area contributed by atoms with Crippen LogP contribution in [0.15, 0.2) is 47.7 Å². The van der Waals surface area contributed by atoms with E-state index < -0.39 is 0 Å². The molecule has 164 valence electrons. The lowest BCUT2D eigenvalue weighted by molar-refractivity contribution is 0.158. The Morgan fingerprint density at radius 2 is 1.97 bits per heavy atom. The number of aromatic nitrogens is 2. The first kappa shape index (κ1) is 22.3. The largest absolute Gasteiger partial charge is 0.357 e. The molecule has 6 heteroatoms. The molecule has 1 aromatic carbocycles. The number of benzene rings is 1. The minimum atomic E-state index is 0.480. The van der Waals surface area contributed by atoms with Gasteiger partial charge in [0, 0.05) is 57.2 Å². The van der Waals surface area contributed by atoms with E-state index in [0.717, 1.165) is 70.2 Å². The lowest BCUT2D eigenvalue weighted by Gasteiger charge is -2.37. The number of aliphatic imine (C=N–C) groups is 1. The number of hydrogen-bond donors (Lipinski definition) is 2. The highest BCUT2D eigenvalue weighted by Gasteiger charge is 2.23. The van der Waals surface area contributed by atoms with Gasteiger partial charge in [-0.15, -0.1) is 0 Å². The summed E-state index contributed by atoms with van der Waals surface area (Å²) in [7, 11) is 0. The molecular weight excluding hydrogens is 372 g/mol. The third-order valence-corrected chi connectivity index (χ3v) is 6.05. The number of unbranched alkanes of at least 4 members (excludes halogenated alkanes) is 1. The van der Waals surface area contributed by atoms with Gasteiger partial charge < -0.3 is 15.2 Å². The second kappa shape index (κ2) is 11.7. The monoisotopic (exact) mass is 410 g/mol. The Morgan fingerprint density at radius 3 is 2.63 bits per heavy atom. The third-order valence-electron chi connectivity index (χ3n) is 6.05. The number of imidazole rings is 1. The van der Waals surface area contributed by atoms with Gasteiger partial charge in [0.05, 0.1) is 0 Å². The summed E-state index contributed by atoms with van der Waals surface area (Å²) in [5.74, 6) is 2.05. The van der Waals surface area contributed by atoms with E-state index in [0.29, 0.717) is 12.1 Å². The zero-order chi connectivity index (χ0) is 21.2. The van der Waals surface area contributed by atoms with Crippen LogP contribution in [-0.2, 0) is 6.54 Å². The van der Waals surface area contributed by atoms with Crippen LogP contribution in [0.25, 0.3) is 0 Å². The molecule has 0 saturated carbocycles. The van der Waals surface area contributed by atoms with Gasteiger partial charge in [-0.25, -0.2) is 4.98 Å². The summed E-state index contributed by atoms with van der Waals surface area (Å²) in [5.41, 5.74) is 1.41. The van der Waals surface area contributed by atoms with Crippen LogP contribution in [0.4, 0.5) is 0 Å². The number of likely N-dealkylation sites (tertiary alicyclic amines) is 1. The average Bonchev–Trinajstić information content (AvgIpc) is 3.19. The Labute approximate surface area is 181 Å². The highest BCUT2D eigenvalue weighted by atomic mass is 15.2. The third kappa shape index (κ3) is 6.59. The molecular formula is C24H38N6. The maximum atomic E-state index is 4.81. The molecule has 2 aromatic rings. The molecule has 0 aliphatic carbocycles. The van der Waals surface area contributed by atoms with Crippen molar-refractivity contribution in [1.29, 1.82) is 0 Å². The van der Waals surface area contributed by atoms with E-state index in [-0.39, 0.29) is 0 Å². The molecule has 1 aliphatic rings. The van der Waals surface area contributed by atoms with Crippen molar-refractivity contribution in [3.05, 3.63) is 54.1 Å². The van der Waals surface area contributed by atoms with Gasteiger partial charge in [-0.2, -0.15) is 0 Å². The Hall–Kier alpha value is -2.34. The van der Waals surface area contributed by atoms with Crippen LogP contribution in [0, 0.1) is 6.92 Å². The van der Waals surface area contributed by atoms with Crippen LogP contribution in [-0.4, -0.2) is 52.6 Å². The zero-order valence-corrected chi connectivity index (χ0v) is 18.8. The van der Waals surface area contributed by atoms with Gasteiger partial charge in [-0.05, 0) is 52.0 Å². The molecule has 2 heterocycles. The Balaban J connectivity index is 1.40. The molecule has 6 nitrogen and oxygen atoms in total. The Bertz CT molecular complexity index is 761. The predicted octanol–water partition coefficient (Wildman–Crippen LogP) is 3.75. The second-order valence-corrected chi connectivity index (χ2v) is 8.18. The minimum absolute atomic E-state index is 0.480. The Kier molecular flexibility index (Phi) is 8.75. The van der Waals surface area contributed by atoms with Crippen molar-refractivity contribution < 1.29 is 0 Å². The summed E-state index contributed by atoms with van der Waals surface area (Å²) in [6.07, 6.45) is 8.43. The van der Waals surface area contributed by atoms with Crippen LogP contribution in [0.1, 0.15) is 57.0 Å². The summed E-state index contributed by atoms with van der Waals surface area (Å²) in [4.78, 5) is 11.7. The van der Waals surface area contributed by atoms with Crippen molar-refractivity contribution >= 4 is 5.96 Å². The van der Waals surface area contributed by atoms with E-state index in [1.165, 1.54) is 5.56 Å². The van der Waals surface area contributed by atoms with Gasteiger partial charge >= 0.3 is 0 Å². The van der Waals surface area contributed by atoms with Crippen molar-refractivity contribution in [1.82, 2.24) is 25.1 Å². The maximum absolute atomic E-state index is 4.81. The number of rotatable bonds is 9. The first-order chi connectivity index (χ1) is 14.7. The molecule has 30 heavy (non-hydrogen) atoms. The number of aryl methyl sites for hydroxylation is 2. The molecule has 1 atom stereocenters. The summed E-state index contributed by atoms with van der Waals surface area (Å²) in [6.45, 7) is 11.5. The summed E-state index contributed by atoms with van der Waals surface area (Å²) in [6, 6.07) is 11.8. The topological polar surface area (TPSA) is 57.5 Å². The molecule has 0 spiro atoms. The molecule has 1 unspecified atom stereocenters. The fraction of sp³-hybridized carbons (Fsp3) is 0.583. The highest BCUT2D eigenvalue weighted by molar-refractivity contribution is 5.80. The summed E-state index contributed by atoms with van der Waals surface area (Å²) >= 11 is 0. The van der Waals surface area contributed by atoms with Crippen molar-refractivity contribution in [3.63, 3.8) is 0 Å². The normalized spacial score (nSPS) is 17.1. The number of nitrogens with zero attached hydrogens (tertiary/aromatic N) is 4. The van der Waals surface area contributed by atoms with Gasteiger partial charge in [0.25, 0.3) is 0 Å². The van der Waals surface area contributed by atoms with Gasteiger partial charge in [-0.1, -0.05) is 30.3 Å². The van der Waals surface area contributed by atoms with Gasteiger partial charge in [-0.3, -0.25) is 9.89 Å². The number of piperidine rings is 1. The molecule has 0 radical (unpaired) electrons. The van der Waals surface area contributed by atoms with Crippen LogP contribution < -0.4 is 10.6 Å². The van der Waals surface area contributed by atoms with E-state index in [4.69, 9.17) is 4.99 Å². The smallest absolute Gasteiger partial charge is 0.191 e. The fourth-order valence-corrected chi connectivity index (χ4v) is 4.11. The number of nitrogens with one attached hydrogen (secondary N) is 2. The first-order valence-corrected chi connectivity index (χ1v) is 11.5. The molecule has 1 saturated heterocycles. The maximum Gasteiger partial charge on any atom is 0.191 e. The van der Waals surface area contributed by atoms with Crippen LogP contribution in [0.2, 0.25) is 0 Å². The Morgan fingerprint density at radius 1 is 1.20 bits per heavy atom. The first-order valence-electron chi connectivity index (χ1n) is 11.5. The van der Waals surface area contributed by atoms with Crippen molar-refractivity contribution in [3.8, 4) is 0 Å². The van der Waals surface area contributed by atoms with E-state index in [1.807, 2.05) is 6.20 Å². The number of hydrogen-bond acceptors (Lipinski definition) is 3. The highest BCUT2D eigenvalue weighted by Crippen LogP contribution is 2.23. The van der Waals surface area contributed by atoms with E-state index in [9.17, 15) is 0 Å². The SMILES string of the molecule is CCNC(=NCCCCn1ccnc1C)NC1CCN(C(C)c2ccccc2)CC1. The van der Waals surface area contributed by atoms with E-state index in [1.54, 1.807) is 0 Å². The van der Waals surface area contributed by atoms with Gasteiger partial charge in [0.1, 0.15) is 5.82 Å². The summed E-state index contributed by atoms with van der Waals surface area (Å²) < 4.78 is 2.21. The molecule has 1 fully saturated rings. The molecule has 1 aromatic heterocycles. The second-order valence-electron chi connectivity index (χ2n) is 8.18. The lowest BCUT2D eigenvalue weighted by atomic mass is 10.0. The summed E-state index contributed by atoms with van der Waals surface area (Å²) in [5, 5.41) is 7.08. The molecule has 2 N–H and O–H groups in total. The zero-order valence-electron chi connectivity index (χ0n) is 18.8. The van der Waals surface area contributed by atoms with Crippen molar-refractivity contribution in [2.45, 2.75) is 65.1 Å². The van der Waals surface area contributed by atoms with Crippen molar-refractivity contribution in [2.24, 2.45) is 4.99 Å². The lowest BCUT2D eigenvalue weighted by Crippen LogP contribution is -2.49. The minimum Gasteiger partial charge on any atom is -0.357 e.